The molecule has 1 aliphatic heterocycles. The number of imide groups is 1. The zero-order valence-electron chi connectivity index (χ0n) is 30.0. The highest BCUT2D eigenvalue weighted by molar-refractivity contribution is 6.29. The maximum Gasteiger partial charge on any atom is 0.425 e. The molecule has 280 valence electrons. The number of halogens is 1. The van der Waals surface area contributed by atoms with E-state index >= 15 is 0 Å². The third-order valence-corrected chi connectivity index (χ3v) is 7.67. The minimum Gasteiger partial charge on any atom is -0.463 e. The molecule has 4 rings (SSSR count). The van der Waals surface area contributed by atoms with E-state index in [-0.39, 0.29) is 24.2 Å². The highest BCUT2D eigenvalue weighted by Gasteiger charge is 2.50. The normalized spacial score (nSPS) is 20.0. The summed E-state index contributed by atoms with van der Waals surface area (Å²) in [7, 11) is 0. The van der Waals surface area contributed by atoms with Crippen LogP contribution in [0.5, 0.6) is 0 Å². The fourth-order valence-electron chi connectivity index (χ4n) is 5.29. The van der Waals surface area contributed by atoms with Gasteiger partial charge in [-0.25, -0.2) is 19.4 Å². The number of anilines is 1. The number of esters is 1. The van der Waals surface area contributed by atoms with Crippen LogP contribution in [-0.2, 0) is 39.7 Å². The Balaban J connectivity index is 1.74. The van der Waals surface area contributed by atoms with Crippen LogP contribution >= 0.6 is 11.6 Å². The molecule has 0 aliphatic carbocycles. The van der Waals surface area contributed by atoms with Gasteiger partial charge in [0.2, 0.25) is 10.9 Å². The average molecular weight is 745 g/mol. The highest BCUT2D eigenvalue weighted by atomic mass is 35.5. The zero-order valence-corrected chi connectivity index (χ0v) is 30.7. The molecule has 1 unspecified atom stereocenters. The van der Waals surface area contributed by atoms with Crippen LogP contribution in [0, 0.1) is 0 Å². The number of ketones is 1. The van der Waals surface area contributed by atoms with Crippen LogP contribution in [0.15, 0.2) is 41.8 Å². The Morgan fingerprint density at radius 2 is 1.67 bits per heavy atom. The van der Waals surface area contributed by atoms with Gasteiger partial charge < -0.3 is 28.8 Å². The maximum absolute atomic E-state index is 13.4. The van der Waals surface area contributed by atoms with E-state index in [9.17, 15) is 29.8 Å². The second-order valence-corrected chi connectivity index (χ2v) is 14.1. The summed E-state index contributed by atoms with van der Waals surface area (Å²) in [6.45, 7) is 11.8. The summed E-state index contributed by atoms with van der Waals surface area (Å²) in [5.41, 5.74) is 5.58. The van der Waals surface area contributed by atoms with Crippen molar-refractivity contribution >= 4 is 52.5 Å². The van der Waals surface area contributed by atoms with Gasteiger partial charge in [-0.3, -0.25) is 9.36 Å². The standard InChI is InChI=1S/C33H41ClN8O10/c1-9-48-27(45)33(18(2)43,15-19-13-11-10-12-14-19)49-16-20-21(39-40-35)23(44)26(50-20)41-17-36-22-24(41)37-28(34)38-25(22)42(29(46)51-31(3,4)5)30(47)52-32(6,7)8/h10-14,17,20-21,23,26,44H,9,15-16H2,1-8H3/t20-,21+,23-,26-,33?/m1/s1. The van der Waals surface area contributed by atoms with Crippen LogP contribution in [0.3, 0.4) is 0 Å². The summed E-state index contributed by atoms with van der Waals surface area (Å²) in [5, 5.41) is 14.7. The second-order valence-electron chi connectivity index (χ2n) is 13.8. The summed E-state index contributed by atoms with van der Waals surface area (Å²) < 4.78 is 29.6. The number of Topliss-reactive ketones (excluding diaryl/α,β-unsaturated/α-hetero) is 1. The lowest BCUT2D eigenvalue weighted by molar-refractivity contribution is -0.181. The van der Waals surface area contributed by atoms with Gasteiger partial charge in [-0.2, -0.15) is 14.9 Å². The predicted octanol–water partition coefficient (Wildman–Crippen LogP) is 5.24. The molecular formula is C33H41ClN8O10. The third kappa shape index (κ3) is 8.94. The molecule has 1 saturated heterocycles. The van der Waals surface area contributed by atoms with Gasteiger partial charge in [-0.1, -0.05) is 35.4 Å². The first-order valence-corrected chi connectivity index (χ1v) is 16.6. The molecule has 0 radical (unpaired) electrons. The third-order valence-electron chi connectivity index (χ3n) is 7.50. The van der Waals surface area contributed by atoms with Crippen LogP contribution in [0.2, 0.25) is 5.28 Å². The first-order chi connectivity index (χ1) is 24.3. The minimum atomic E-state index is -2.10. The largest absolute Gasteiger partial charge is 0.463 e. The lowest BCUT2D eigenvalue weighted by atomic mass is 9.90. The van der Waals surface area contributed by atoms with Gasteiger partial charge in [0.05, 0.1) is 31.7 Å². The molecule has 19 heteroatoms. The monoisotopic (exact) mass is 744 g/mol. The summed E-state index contributed by atoms with van der Waals surface area (Å²) in [6.07, 6.45) is -5.47. The SMILES string of the molecule is CCOC(=O)C(Cc1ccccc1)(OC[C@H]1O[C@@H](n2cnc3c(N(C(=O)OC(C)(C)C)C(=O)OC(C)(C)C)nc(Cl)nc32)[C@H](O)[C@H]1N=[N+]=[N-])C(C)=O. The van der Waals surface area contributed by atoms with Gasteiger partial charge in [0.1, 0.15) is 17.3 Å². The van der Waals surface area contributed by atoms with E-state index < -0.39 is 82.9 Å². The lowest BCUT2D eigenvalue weighted by Gasteiger charge is -2.31. The molecule has 3 aromatic rings. The van der Waals surface area contributed by atoms with Crippen molar-refractivity contribution in [2.45, 2.75) is 103 Å². The number of fused-ring (bicyclic) bond motifs is 1. The topological polar surface area (TPSA) is 230 Å². The predicted molar refractivity (Wildman–Crippen MR) is 184 cm³/mol. The molecule has 1 aromatic carbocycles. The van der Waals surface area contributed by atoms with Crippen molar-refractivity contribution in [2.24, 2.45) is 5.11 Å². The Morgan fingerprint density at radius 3 is 2.21 bits per heavy atom. The Morgan fingerprint density at radius 1 is 1.06 bits per heavy atom. The Labute approximate surface area is 303 Å². The van der Waals surface area contributed by atoms with Crippen molar-refractivity contribution in [1.29, 1.82) is 0 Å². The number of nitrogens with zero attached hydrogens (tertiary/aromatic N) is 8. The summed E-state index contributed by atoms with van der Waals surface area (Å²) in [6, 6.07) is 7.37. The molecule has 1 fully saturated rings. The number of benzene rings is 1. The van der Waals surface area contributed by atoms with Crippen LogP contribution in [0.25, 0.3) is 21.6 Å². The first-order valence-electron chi connectivity index (χ1n) is 16.2. The van der Waals surface area contributed by atoms with Gasteiger partial charge in [0.15, 0.2) is 29.0 Å². The summed E-state index contributed by atoms with van der Waals surface area (Å²) in [5.74, 6) is -1.97. The molecule has 52 heavy (non-hydrogen) atoms. The van der Waals surface area contributed by atoms with Crippen molar-refractivity contribution in [3.8, 4) is 0 Å². The van der Waals surface area contributed by atoms with Crippen molar-refractivity contribution in [2.75, 3.05) is 18.1 Å². The molecule has 3 heterocycles. The quantitative estimate of drug-likeness (QED) is 0.0504. The van der Waals surface area contributed by atoms with E-state index in [0.717, 1.165) is 0 Å². The number of rotatable bonds is 11. The number of ether oxygens (including phenoxy) is 5. The Bertz CT molecular complexity index is 1830. The number of imidazole rings is 1. The van der Waals surface area contributed by atoms with Crippen LogP contribution in [0.4, 0.5) is 15.4 Å². The van der Waals surface area contributed by atoms with Crippen LogP contribution in [0.1, 0.15) is 67.2 Å². The van der Waals surface area contributed by atoms with Gasteiger partial charge in [0, 0.05) is 11.3 Å². The molecule has 0 bridgehead atoms. The first kappa shape index (κ1) is 39.9. The molecule has 0 saturated carbocycles. The number of amides is 2. The molecule has 5 atom stereocenters. The molecular weight excluding hydrogens is 704 g/mol. The lowest BCUT2D eigenvalue weighted by Crippen LogP contribution is -2.52. The van der Waals surface area contributed by atoms with Crippen LogP contribution < -0.4 is 4.90 Å². The fraction of sp³-hybridized carbons (Fsp3) is 0.545. The maximum atomic E-state index is 13.4. The molecule has 0 spiro atoms. The van der Waals surface area contributed by atoms with Crippen molar-refractivity contribution in [3.63, 3.8) is 0 Å². The number of carbonyl (C=O) groups excluding carboxylic acids is 4. The number of aliphatic hydroxyl groups excluding tert-OH is 1. The number of hydrogen-bond acceptors (Lipinski definition) is 14. The zero-order chi connectivity index (χ0) is 38.6. The molecule has 1 N–H and O–H groups in total. The van der Waals surface area contributed by atoms with Crippen molar-refractivity contribution in [1.82, 2.24) is 19.5 Å². The van der Waals surface area contributed by atoms with E-state index in [1.165, 1.54) is 17.8 Å². The van der Waals surface area contributed by atoms with Crippen molar-refractivity contribution < 1.29 is 48.0 Å². The Kier molecular flexibility index (Phi) is 12.1. The van der Waals surface area contributed by atoms with Gasteiger partial charge in [-0.05, 0) is 78.1 Å². The number of aliphatic hydroxyl groups is 1. The minimum absolute atomic E-state index is 0.0343. The van der Waals surface area contributed by atoms with Crippen molar-refractivity contribution in [3.05, 3.63) is 57.9 Å². The molecule has 2 aromatic heterocycles. The summed E-state index contributed by atoms with van der Waals surface area (Å²) >= 11 is 6.31. The van der Waals surface area contributed by atoms with E-state index in [0.29, 0.717) is 10.5 Å². The molecule has 2 amide bonds. The average Bonchev–Trinajstić information content (AvgIpc) is 3.58. The smallest absolute Gasteiger partial charge is 0.425 e. The van der Waals surface area contributed by atoms with Gasteiger partial charge >= 0.3 is 18.2 Å². The van der Waals surface area contributed by atoms with E-state index in [1.54, 1.807) is 78.8 Å². The van der Waals surface area contributed by atoms with Gasteiger partial charge in [-0.15, -0.1) is 0 Å². The summed E-state index contributed by atoms with van der Waals surface area (Å²) in [4.78, 5) is 69.2. The van der Waals surface area contributed by atoms with Gasteiger partial charge in [0.25, 0.3) is 0 Å². The van der Waals surface area contributed by atoms with E-state index in [2.05, 4.69) is 25.0 Å². The second kappa shape index (κ2) is 15.8. The van der Waals surface area contributed by atoms with E-state index in [4.69, 9.17) is 35.3 Å². The molecule has 1 aliphatic rings. The number of hydrogen-bond donors (Lipinski definition) is 1. The Hall–Kier alpha value is -4.87. The highest BCUT2D eigenvalue weighted by Crippen LogP contribution is 2.37. The number of aromatic nitrogens is 4. The fourth-order valence-corrected chi connectivity index (χ4v) is 5.45. The van der Waals surface area contributed by atoms with E-state index in [1.807, 2.05) is 0 Å². The van der Waals surface area contributed by atoms with Crippen LogP contribution in [-0.4, -0.2) is 96.8 Å². The number of carbonyl (C=O) groups is 4. The number of azide groups is 1. The molecule has 18 nitrogen and oxygen atoms in total.